The number of nitrogens with zero attached hydrogens (tertiary/aromatic N) is 3. The number of rotatable bonds is 4. The van der Waals surface area contributed by atoms with E-state index in [0.717, 1.165) is 30.9 Å². The molecule has 130 valence electrons. The fraction of sp³-hybridized carbons (Fsp3) is 0.190. The number of fused-ring (bicyclic) bond motifs is 1. The van der Waals surface area contributed by atoms with E-state index in [2.05, 4.69) is 44.5 Å². The molecule has 0 atom stereocenters. The van der Waals surface area contributed by atoms with Gasteiger partial charge in [-0.1, -0.05) is 30.3 Å². The number of benzene rings is 1. The molecule has 3 heterocycles. The average molecular weight is 344 g/mol. The normalized spacial score (nSPS) is 13.2. The highest BCUT2D eigenvalue weighted by Crippen LogP contribution is 2.24. The van der Waals surface area contributed by atoms with Crippen molar-refractivity contribution in [1.29, 1.82) is 0 Å². The van der Waals surface area contributed by atoms with Crippen LogP contribution >= 0.6 is 0 Å². The molecule has 3 aromatic rings. The molecule has 1 N–H and O–H groups in total. The first-order chi connectivity index (χ1) is 12.8. The Hall–Kier alpha value is -3.21. The van der Waals surface area contributed by atoms with Crippen LogP contribution in [-0.2, 0) is 19.5 Å². The van der Waals surface area contributed by atoms with Crippen LogP contribution in [0.15, 0.2) is 67.0 Å². The summed E-state index contributed by atoms with van der Waals surface area (Å²) in [5.74, 6) is -0.185. The van der Waals surface area contributed by atoms with E-state index in [9.17, 15) is 4.79 Å². The lowest BCUT2D eigenvalue weighted by Crippen LogP contribution is -2.31. The van der Waals surface area contributed by atoms with Crippen LogP contribution in [0.3, 0.4) is 0 Å². The molecule has 0 aliphatic carbocycles. The van der Waals surface area contributed by atoms with Gasteiger partial charge in [-0.3, -0.25) is 14.8 Å². The van der Waals surface area contributed by atoms with Crippen molar-refractivity contribution in [1.82, 2.24) is 15.3 Å². The summed E-state index contributed by atoms with van der Waals surface area (Å²) in [7, 11) is 0. The molecule has 1 amide bonds. The lowest BCUT2D eigenvalue weighted by atomic mass is 9.99. The number of amides is 1. The minimum atomic E-state index is -0.185. The Morgan fingerprint density at radius 2 is 1.85 bits per heavy atom. The summed E-state index contributed by atoms with van der Waals surface area (Å²) in [4.78, 5) is 23.2. The van der Waals surface area contributed by atoms with Gasteiger partial charge in [-0.2, -0.15) is 0 Å². The largest absolute Gasteiger partial charge is 0.367 e. The molecule has 0 spiro atoms. The van der Waals surface area contributed by atoms with Crippen LogP contribution in [0.2, 0.25) is 0 Å². The Bertz CT molecular complexity index is 911. The van der Waals surface area contributed by atoms with Gasteiger partial charge in [-0.05, 0) is 41.8 Å². The Labute approximate surface area is 152 Å². The van der Waals surface area contributed by atoms with Crippen molar-refractivity contribution >= 4 is 11.6 Å². The zero-order chi connectivity index (χ0) is 17.8. The molecule has 1 aromatic carbocycles. The van der Waals surface area contributed by atoms with E-state index in [4.69, 9.17) is 0 Å². The van der Waals surface area contributed by atoms with Crippen LogP contribution in [0.25, 0.3) is 0 Å². The van der Waals surface area contributed by atoms with Gasteiger partial charge in [0.2, 0.25) is 0 Å². The number of hydrogen-bond acceptors (Lipinski definition) is 4. The zero-order valence-electron chi connectivity index (χ0n) is 14.4. The van der Waals surface area contributed by atoms with Gasteiger partial charge in [-0.25, -0.2) is 0 Å². The minimum Gasteiger partial charge on any atom is -0.367 e. The van der Waals surface area contributed by atoms with Crippen molar-refractivity contribution in [2.24, 2.45) is 0 Å². The van der Waals surface area contributed by atoms with Crippen LogP contribution < -0.4 is 10.2 Å². The average Bonchev–Trinajstić information content (AvgIpc) is 2.72. The summed E-state index contributed by atoms with van der Waals surface area (Å²) in [6, 6.07) is 18.0. The smallest absolute Gasteiger partial charge is 0.270 e. The molecule has 0 saturated carbocycles. The second-order valence-electron chi connectivity index (χ2n) is 6.34. The van der Waals surface area contributed by atoms with Crippen molar-refractivity contribution in [2.75, 3.05) is 11.4 Å². The van der Waals surface area contributed by atoms with Gasteiger partial charge < -0.3 is 10.2 Å². The Balaban J connectivity index is 1.46. The van der Waals surface area contributed by atoms with Gasteiger partial charge in [0.1, 0.15) is 5.69 Å². The molecule has 0 unspecified atom stereocenters. The fourth-order valence-electron chi connectivity index (χ4n) is 3.22. The van der Waals surface area contributed by atoms with Crippen LogP contribution in [0.4, 0.5) is 5.69 Å². The van der Waals surface area contributed by atoms with Crippen molar-refractivity contribution < 1.29 is 4.79 Å². The van der Waals surface area contributed by atoms with Gasteiger partial charge in [0, 0.05) is 31.2 Å². The van der Waals surface area contributed by atoms with E-state index in [1.165, 1.54) is 11.1 Å². The van der Waals surface area contributed by atoms with Crippen LogP contribution in [0.5, 0.6) is 0 Å². The summed E-state index contributed by atoms with van der Waals surface area (Å²) in [6.07, 6.45) is 4.43. The van der Waals surface area contributed by atoms with Gasteiger partial charge >= 0.3 is 0 Å². The number of nitrogens with one attached hydrogen (secondary N) is 1. The maximum Gasteiger partial charge on any atom is 0.270 e. The Kier molecular flexibility index (Phi) is 4.60. The van der Waals surface area contributed by atoms with Gasteiger partial charge in [-0.15, -0.1) is 0 Å². The third-order valence-electron chi connectivity index (χ3n) is 4.63. The van der Waals surface area contributed by atoms with E-state index >= 15 is 0 Å². The highest BCUT2D eigenvalue weighted by molar-refractivity contribution is 5.93. The molecule has 0 radical (unpaired) electrons. The van der Waals surface area contributed by atoms with Crippen LogP contribution in [-0.4, -0.2) is 22.4 Å². The number of carbonyl (C=O) groups is 1. The zero-order valence-corrected chi connectivity index (χ0v) is 14.4. The molecule has 2 aromatic heterocycles. The van der Waals surface area contributed by atoms with E-state index in [-0.39, 0.29) is 5.91 Å². The lowest BCUT2D eigenvalue weighted by Gasteiger charge is -2.30. The molecule has 5 heteroatoms. The molecule has 1 aliphatic rings. The maximum atomic E-state index is 12.4. The third-order valence-corrected chi connectivity index (χ3v) is 4.63. The first-order valence-electron chi connectivity index (χ1n) is 8.75. The topological polar surface area (TPSA) is 58.1 Å². The standard InChI is InChI=1S/C21H20N4O/c26-21(24-14-18-7-3-4-10-22-18)20-13-19(8-11-23-20)25-12-9-16-5-1-2-6-17(16)15-25/h1-8,10-11,13H,9,12,14-15H2,(H,24,26). The molecule has 26 heavy (non-hydrogen) atoms. The predicted molar refractivity (Wildman–Crippen MR) is 101 cm³/mol. The van der Waals surface area contributed by atoms with Crippen molar-refractivity contribution in [3.05, 3.63) is 89.5 Å². The summed E-state index contributed by atoms with van der Waals surface area (Å²) in [6.45, 7) is 2.19. The minimum absolute atomic E-state index is 0.185. The van der Waals surface area contributed by atoms with Crippen LogP contribution in [0, 0.1) is 0 Å². The highest BCUT2D eigenvalue weighted by Gasteiger charge is 2.17. The lowest BCUT2D eigenvalue weighted by molar-refractivity contribution is 0.0945. The van der Waals surface area contributed by atoms with Gasteiger partial charge in [0.25, 0.3) is 5.91 Å². The summed E-state index contributed by atoms with van der Waals surface area (Å²) in [5.41, 5.74) is 5.03. The maximum absolute atomic E-state index is 12.4. The Morgan fingerprint density at radius 3 is 2.69 bits per heavy atom. The summed E-state index contributed by atoms with van der Waals surface area (Å²) < 4.78 is 0. The molecule has 0 bridgehead atoms. The summed E-state index contributed by atoms with van der Waals surface area (Å²) >= 11 is 0. The Morgan fingerprint density at radius 1 is 1.00 bits per heavy atom. The molecular weight excluding hydrogens is 324 g/mol. The summed E-state index contributed by atoms with van der Waals surface area (Å²) in [5, 5.41) is 2.88. The SMILES string of the molecule is O=C(NCc1ccccn1)c1cc(N2CCc3ccccc3C2)ccn1. The van der Waals surface area contributed by atoms with Gasteiger partial charge in [0.15, 0.2) is 0 Å². The molecule has 4 rings (SSSR count). The fourth-order valence-corrected chi connectivity index (χ4v) is 3.22. The molecular formula is C21H20N4O. The number of pyridine rings is 2. The second kappa shape index (κ2) is 7.35. The third kappa shape index (κ3) is 3.57. The van der Waals surface area contributed by atoms with Gasteiger partial charge in [0.05, 0.1) is 12.2 Å². The molecule has 1 aliphatic heterocycles. The molecule has 0 saturated heterocycles. The molecule has 5 nitrogen and oxygen atoms in total. The first-order valence-corrected chi connectivity index (χ1v) is 8.75. The van der Waals surface area contributed by atoms with E-state index in [1.54, 1.807) is 12.4 Å². The monoisotopic (exact) mass is 344 g/mol. The molecule has 0 fully saturated rings. The number of carbonyl (C=O) groups excluding carboxylic acids is 1. The first kappa shape index (κ1) is 16.3. The number of aromatic nitrogens is 2. The van der Waals surface area contributed by atoms with E-state index in [1.807, 2.05) is 30.3 Å². The van der Waals surface area contributed by atoms with E-state index < -0.39 is 0 Å². The highest BCUT2D eigenvalue weighted by atomic mass is 16.1. The number of hydrogen-bond donors (Lipinski definition) is 1. The van der Waals surface area contributed by atoms with Crippen molar-refractivity contribution in [3.8, 4) is 0 Å². The van der Waals surface area contributed by atoms with Crippen molar-refractivity contribution in [2.45, 2.75) is 19.5 Å². The quantitative estimate of drug-likeness (QED) is 0.790. The van der Waals surface area contributed by atoms with E-state index in [0.29, 0.717) is 12.2 Å². The predicted octanol–water partition coefficient (Wildman–Crippen LogP) is 2.97. The number of anilines is 1. The van der Waals surface area contributed by atoms with Crippen LogP contribution in [0.1, 0.15) is 27.3 Å². The second-order valence-corrected chi connectivity index (χ2v) is 6.34. The van der Waals surface area contributed by atoms with Crippen molar-refractivity contribution in [3.63, 3.8) is 0 Å².